The normalized spacial score (nSPS) is 11.8. The van der Waals surface area contributed by atoms with Crippen molar-refractivity contribution in [3.8, 4) is 0 Å². The Labute approximate surface area is 225 Å². The molecule has 0 heterocycles. The molecule has 0 bridgehead atoms. The molecule has 0 aliphatic rings. The summed E-state index contributed by atoms with van der Waals surface area (Å²) in [5, 5.41) is 28.8. The molecule has 0 saturated carbocycles. The number of hydrogen-bond donors (Lipinski definition) is 2. The quantitative estimate of drug-likeness (QED) is 0.0896. The van der Waals surface area contributed by atoms with Crippen LogP contribution < -0.4 is 5.11 Å². The molecule has 0 aliphatic carbocycles. The molecule has 0 fully saturated rings. The summed E-state index contributed by atoms with van der Waals surface area (Å²) in [5.74, 6) is -2.62. The van der Waals surface area contributed by atoms with Gasteiger partial charge in [0.1, 0.15) is 0 Å². The Morgan fingerprint density at radius 3 is 1.41 bits per heavy atom. The van der Waals surface area contributed by atoms with Gasteiger partial charge in [0.2, 0.25) is 0 Å². The molecule has 0 unspecified atom stereocenters. The molecule has 37 heavy (non-hydrogen) atoms. The molecule has 0 amide bonds. The summed E-state index contributed by atoms with van der Waals surface area (Å²) < 4.78 is 0.671. The zero-order chi connectivity index (χ0) is 27.6. The van der Waals surface area contributed by atoms with Crippen molar-refractivity contribution in [3.05, 3.63) is 12.3 Å². The molecule has 0 spiro atoms. The van der Waals surface area contributed by atoms with Crippen LogP contribution in [0.15, 0.2) is 12.3 Å². The molecular weight excluding hydrogens is 470 g/mol. The Morgan fingerprint density at radius 2 is 1.00 bits per heavy atom. The highest BCUT2D eigenvalue weighted by atomic mass is 16.4. The number of rotatable bonds is 28. The van der Waals surface area contributed by atoms with Gasteiger partial charge in [0.15, 0.2) is 0 Å². The second-order valence-corrected chi connectivity index (χ2v) is 10.6. The molecule has 0 saturated heterocycles. The first-order valence-electron chi connectivity index (χ1n) is 15.0. The zero-order valence-corrected chi connectivity index (χ0v) is 23.6. The number of carbonyl (C=O) groups is 3. The lowest BCUT2D eigenvalue weighted by molar-refractivity contribution is -0.880. The highest BCUT2D eigenvalue weighted by Crippen LogP contribution is 2.19. The number of carboxylic acids is 3. The van der Waals surface area contributed by atoms with Gasteiger partial charge in [-0.05, 0) is 63.9 Å². The summed E-state index contributed by atoms with van der Waals surface area (Å²) >= 11 is 0. The van der Waals surface area contributed by atoms with Gasteiger partial charge in [-0.2, -0.15) is 0 Å². The van der Waals surface area contributed by atoms with E-state index in [1.54, 1.807) is 0 Å². The fourth-order valence-corrected chi connectivity index (χ4v) is 4.89. The van der Waals surface area contributed by atoms with Gasteiger partial charge in [-0.15, -0.1) is 0 Å². The summed E-state index contributed by atoms with van der Waals surface area (Å²) in [6, 6.07) is 0. The number of allylic oxidation sites excluding steroid dienone is 1. The van der Waals surface area contributed by atoms with Gasteiger partial charge in [0.25, 0.3) is 0 Å². The minimum atomic E-state index is -1.03. The predicted molar refractivity (Wildman–Crippen MR) is 147 cm³/mol. The standard InChI is InChI=1S/C30H55NO6/c1-2-3-4-5-6-7-8-9-10-11-12-13-17-24-31(25-18-14-21-28(32)33,26-19-15-22-29(34)35)27-20-16-23-30(36)37/h17,24H,2-16,18-23,25-27H2,1H3,(H2-,32,33,34,35,36,37)/b24-17+. The molecule has 0 aromatic heterocycles. The molecule has 7 heteroatoms. The van der Waals surface area contributed by atoms with Gasteiger partial charge in [-0.3, -0.25) is 14.1 Å². The first kappa shape index (κ1) is 35.1. The Kier molecular flexibility index (Phi) is 23.2. The van der Waals surface area contributed by atoms with E-state index in [0.29, 0.717) is 23.7 Å². The lowest BCUT2D eigenvalue weighted by atomic mass is 10.1. The Hall–Kier alpha value is -1.89. The average molecular weight is 526 g/mol. The fourth-order valence-electron chi connectivity index (χ4n) is 4.89. The SMILES string of the molecule is CCCCCCCCCCCCC/C=C/[N+](CCCCC(=O)[O-])(CCCCC(=O)O)CCCCC(=O)O. The van der Waals surface area contributed by atoms with Crippen molar-refractivity contribution >= 4 is 17.9 Å². The van der Waals surface area contributed by atoms with Crippen LogP contribution in [0, 0.1) is 0 Å². The van der Waals surface area contributed by atoms with Crippen LogP contribution in [-0.2, 0) is 14.4 Å². The Morgan fingerprint density at radius 1 is 0.595 bits per heavy atom. The van der Waals surface area contributed by atoms with E-state index in [1.807, 2.05) is 0 Å². The Balaban J connectivity index is 4.70. The van der Waals surface area contributed by atoms with Crippen molar-refractivity contribution in [1.82, 2.24) is 0 Å². The summed E-state index contributed by atoms with van der Waals surface area (Å²) in [5.41, 5.74) is 0. The molecule has 2 N–H and O–H groups in total. The smallest absolute Gasteiger partial charge is 0.303 e. The number of carboxylic acid groups (broad SMARTS) is 3. The van der Waals surface area contributed by atoms with E-state index in [-0.39, 0.29) is 19.3 Å². The molecule has 0 radical (unpaired) electrons. The minimum absolute atomic E-state index is 0.0421. The second-order valence-electron chi connectivity index (χ2n) is 10.6. The van der Waals surface area contributed by atoms with Crippen molar-refractivity contribution in [1.29, 1.82) is 0 Å². The van der Waals surface area contributed by atoms with Crippen LogP contribution in [0.3, 0.4) is 0 Å². The Bertz CT molecular complexity index is 564. The number of hydrogen-bond acceptors (Lipinski definition) is 4. The van der Waals surface area contributed by atoms with Gasteiger partial charge in [0, 0.05) is 18.8 Å². The maximum atomic E-state index is 10.9. The number of quaternary nitrogens is 1. The molecule has 0 aliphatic heterocycles. The van der Waals surface area contributed by atoms with E-state index in [1.165, 1.54) is 64.2 Å². The van der Waals surface area contributed by atoms with Crippen molar-refractivity contribution in [2.24, 2.45) is 0 Å². The van der Waals surface area contributed by atoms with Crippen LogP contribution >= 0.6 is 0 Å². The minimum Gasteiger partial charge on any atom is -0.550 e. The zero-order valence-electron chi connectivity index (χ0n) is 23.6. The average Bonchev–Trinajstić information content (AvgIpc) is 2.84. The van der Waals surface area contributed by atoms with Crippen LogP contribution in [0.5, 0.6) is 0 Å². The van der Waals surface area contributed by atoms with E-state index < -0.39 is 17.9 Å². The number of carbonyl (C=O) groups excluding carboxylic acids is 1. The predicted octanol–water partition coefficient (Wildman–Crippen LogP) is 6.45. The van der Waals surface area contributed by atoms with Crippen LogP contribution in [0.25, 0.3) is 0 Å². The summed E-state index contributed by atoms with van der Waals surface area (Å²) in [6.07, 6.45) is 24.3. The van der Waals surface area contributed by atoms with Gasteiger partial charge < -0.3 is 20.1 Å². The molecule has 0 aromatic rings. The lowest BCUT2D eigenvalue weighted by Gasteiger charge is -2.35. The van der Waals surface area contributed by atoms with E-state index in [2.05, 4.69) is 19.2 Å². The van der Waals surface area contributed by atoms with Crippen molar-refractivity contribution in [2.45, 2.75) is 142 Å². The van der Waals surface area contributed by atoms with Gasteiger partial charge in [0.05, 0.1) is 25.8 Å². The third kappa shape index (κ3) is 24.2. The van der Waals surface area contributed by atoms with Crippen LogP contribution in [0.1, 0.15) is 142 Å². The van der Waals surface area contributed by atoms with E-state index in [4.69, 9.17) is 10.2 Å². The first-order chi connectivity index (χ1) is 17.8. The summed E-state index contributed by atoms with van der Waals surface area (Å²) in [6.45, 7) is 4.61. The van der Waals surface area contributed by atoms with Crippen molar-refractivity contribution < 1.29 is 34.2 Å². The van der Waals surface area contributed by atoms with Crippen molar-refractivity contribution in [2.75, 3.05) is 19.6 Å². The molecule has 0 aromatic carbocycles. The highest BCUT2D eigenvalue weighted by Gasteiger charge is 2.24. The fraction of sp³-hybridized carbons (Fsp3) is 0.833. The van der Waals surface area contributed by atoms with E-state index >= 15 is 0 Å². The topological polar surface area (TPSA) is 115 Å². The number of unbranched alkanes of at least 4 members (excludes halogenated alkanes) is 14. The third-order valence-electron chi connectivity index (χ3n) is 7.12. The number of aliphatic carboxylic acids is 3. The molecular formula is C30H55NO6. The molecule has 0 rings (SSSR count). The monoisotopic (exact) mass is 525 g/mol. The third-order valence-corrected chi connectivity index (χ3v) is 7.12. The molecule has 216 valence electrons. The van der Waals surface area contributed by atoms with Crippen LogP contribution in [-0.4, -0.2) is 52.2 Å². The van der Waals surface area contributed by atoms with Gasteiger partial charge >= 0.3 is 11.9 Å². The first-order valence-corrected chi connectivity index (χ1v) is 15.0. The van der Waals surface area contributed by atoms with Crippen LogP contribution in [0.4, 0.5) is 0 Å². The number of nitrogens with zero attached hydrogens (tertiary/aromatic N) is 1. The van der Waals surface area contributed by atoms with E-state index in [9.17, 15) is 19.5 Å². The van der Waals surface area contributed by atoms with Crippen molar-refractivity contribution in [3.63, 3.8) is 0 Å². The van der Waals surface area contributed by atoms with E-state index in [0.717, 1.165) is 51.7 Å². The summed E-state index contributed by atoms with van der Waals surface area (Å²) in [7, 11) is 0. The summed E-state index contributed by atoms with van der Waals surface area (Å²) in [4.78, 5) is 32.7. The highest BCUT2D eigenvalue weighted by molar-refractivity contribution is 5.66. The van der Waals surface area contributed by atoms with Crippen LogP contribution in [0.2, 0.25) is 0 Å². The lowest BCUT2D eigenvalue weighted by Crippen LogP contribution is -2.45. The largest absolute Gasteiger partial charge is 0.550 e. The maximum absolute atomic E-state index is 10.9. The second kappa shape index (κ2) is 24.4. The van der Waals surface area contributed by atoms with Gasteiger partial charge in [-0.25, -0.2) is 0 Å². The maximum Gasteiger partial charge on any atom is 0.303 e. The molecule has 0 atom stereocenters. The van der Waals surface area contributed by atoms with Gasteiger partial charge in [-0.1, -0.05) is 71.1 Å². The molecule has 7 nitrogen and oxygen atoms in total.